The summed E-state index contributed by atoms with van der Waals surface area (Å²) in [6.45, 7) is 6.97. The Bertz CT molecular complexity index is 1130. The maximum absolute atomic E-state index is 12.7. The lowest BCUT2D eigenvalue weighted by molar-refractivity contribution is -0.115. The smallest absolute Gasteiger partial charge is 0.237 e. The van der Waals surface area contributed by atoms with Crippen LogP contribution in [0.25, 0.3) is 0 Å². The molecule has 0 fully saturated rings. The minimum absolute atomic E-state index is 0.172. The molecule has 3 aromatic rings. The molecule has 10 heteroatoms. The molecule has 1 atom stereocenters. The summed E-state index contributed by atoms with van der Waals surface area (Å²) >= 11 is 1.21. The van der Waals surface area contributed by atoms with E-state index in [9.17, 15) is 4.79 Å². The quantitative estimate of drug-likeness (QED) is 0.413. The minimum atomic E-state index is -0.456. The van der Waals surface area contributed by atoms with Crippen LogP contribution in [0.2, 0.25) is 0 Å². The third kappa shape index (κ3) is 4.91. The number of hydrogen-bond acceptors (Lipinski definition) is 8. The normalized spacial score (nSPS) is 13.5. The van der Waals surface area contributed by atoms with E-state index in [0.29, 0.717) is 41.4 Å². The van der Waals surface area contributed by atoms with Gasteiger partial charge in [-0.15, -0.1) is 10.2 Å². The first-order valence-corrected chi connectivity index (χ1v) is 11.1. The molecule has 3 N–H and O–H groups in total. The number of carbonyl (C=O) groups excluding carboxylic acids is 1. The number of benzene rings is 2. The SMILES string of the molecule is Cc1ccc(OCc2nnc(S[C@@H](C)C(=O)Nc3ccc4c(c3)OCCO4)n2N)c(C)c1. The molecule has 9 nitrogen and oxygen atoms in total. The Hall–Kier alpha value is -3.40. The molecule has 1 aliphatic heterocycles. The molecule has 1 amide bonds. The monoisotopic (exact) mass is 455 g/mol. The van der Waals surface area contributed by atoms with E-state index in [1.165, 1.54) is 22.0 Å². The molecule has 2 aromatic carbocycles. The molecule has 0 aliphatic carbocycles. The first kappa shape index (κ1) is 21.8. The standard InChI is InChI=1S/C22H25N5O4S/c1-13-4-6-17(14(2)10-13)31-12-20-25-26-22(27(20)23)32-15(3)21(28)24-16-5-7-18-19(11-16)30-9-8-29-18/h4-7,10-11,15H,8-9,12,23H2,1-3H3,(H,24,28)/t15-/m0/s1. The highest BCUT2D eigenvalue weighted by molar-refractivity contribution is 8.00. The summed E-state index contributed by atoms with van der Waals surface area (Å²) in [6.07, 6.45) is 0. The minimum Gasteiger partial charge on any atom is -0.486 e. The topological polar surface area (TPSA) is 114 Å². The Morgan fingerprint density at radius 1 is 1.19 bits per heavy atom. The fourth-order valence-corrected chi connectivity index (χ4v) is 3.96. The number of fused-ring (bicyclic) bond motifs is 1. The van der Waals surface area contributed by atoms with Gasteiger partial charge in [-0.3, -0.25) is 4.79 Å². The van der Waals surface area contributed by atoms with E-state index < -0.39 is 5.25 Å². The van der Waals surface area contributed by atoms with Crippen LogP contribution in [0, 0.1) is 13.8 Å². The van der Waals surface area contributed by atoms with E-state index >= 15 is 0 Å². The number of amides is 1. The van der Waals surface area contributed by atoms with Crippen molar-refractivity contribution in [2.24, 2.45) is 0 Å². The van der Waals surface area contributed by atoms with Crippen LogP contribution >= 0.6 is 11.8 Å². The van der Waals surface area contributed by atoms with Crippen LogP contribution in [0.5, 0.6) is 17.2 Å². The highest BCUT2D eigenvalue weighted by atomic mass is 32.2. The number of nitrogens with two attached hydrogens (primary N) is 1. The molecule has 1 aromatic heterocycles. The fourth-order valence-electron chi connectivity index (χ4n) is 3.17. The van der Waals surface area contributed by atoms with Gasteiger partial charge in [0.25, 0.3) is 0 Å². The van der Waals surface area contributed by atoms with E-state index in [4.69, 9.17) is 20.1 Å². The number of nitrogens with zero attached hydrogens (tertiary/aromatic N) is 3. The summed E-state index contributed by atoms with van der Waals surface area (Å²) in [5.74, 6) is 8.46. The maximum Gasteiger partial charge on any atom is 0.237 e. The fraction of sp³-hybridized carbons (Fsp3) is 0.318. The average Bonchev–Trinajstić information content (AvgIpc) is 3.12. The van der Waals surface area contributed by atoms with E-state index in [1.54, 1.807) is 25.1 Å². The first-order chi connectivity index (χ1) is 15.4. The van der Waals surface area contributed by atoms with Crippen LogP contribution in [0.15, 0.2) is 41.6 Å². The molecule has 0 spiro atoms. The summed E-state index contributed by atoms with van der Waals surface area (Å²) in [6, 6.07) is 11.3. The summed E-state index contributed by atoms with van der Waals surface area (Å²) in [7, 11) is 0. The predicted molar refractivity (Wildman–Crippen MR) is 122 cm³/mol. The van der Waals surface area contributed by atoms with Crippen LogP contribution in [-0.2, 0) is 11.4 Å². The molecule has 4 rings (SSSR count). The number of aryl methyl sites for hydroxylation is 2. The summed E-state index contributed by atoms with van der Waals surface area (Å²) < 4.78 is 18.2. The number of aromatic nitrogens is 3. The maximum atomic E-state index is 12.7. The third-order valence-electron chi connectivity index (χ3n) is 4.88. The molecular weight excluding hydrogens is 430 g/mol. The molecule has 0 saturated heterocycles. The second-order valence-electron chi connectivity index (χ2n) is 7.43. The number of rotatable bonds is 7. The van der Waals surface area contributed by atoms with Crippen molar-refractivity contribution in [3.05, 3.63) is 53.3 Å². The van der Waals surface area contributed by atoms with Crippen molar-refractivity contribution in [2.75, 3.05) is 24.4 Å². The Labute approximate surface area is 190 Å². The van der Waals surface area contributed by atoms with Crippen molar-refractivity contribution in [3.63, 3.8) is 0 Å². The highest BCUT2D eigenvalue weighted by Crippen LogP contribution is 2.33. The lowest BCUT2D eigenvalue weighted by Gasteiger charge is -2.19. The van der Waals surface area contributed by atoms with E-state index in [0.717, 1.165) is 11.3 Å². The Morgan fingerprint density at radius 2 is 1.97 bits per heavy atom. The number of nitrogen functional groups attached to an aromatic ring is 1. The van der Waals surface area contributed by atoms with Gasteiger partial charge < -0.3 is 25.4 Å². The van der Waals surface area contributed by atoms with Gasteiger partial charge in [0, 0.05) is 11.8 Å². The van der Waals surface area contributed by atoms with Gasteiger partial charge in [0.15, 0.2) is 17.3 Å². The van der Waals surface area contributed by atoms with Gasteiger partial charge >= 0.3 is 0 Å². The van der Waals surface area contributed by atoms with Crippen LogP contribution < -0.4 is 25.4 Å². The molecule has 0 saturated carbocycles. The van der Waals surface area contributed by atoms with Crippen molar-refractivity contribution in [1.82, 2.24) is 14.9 Å². The molecule has 0 bridgehead atoms. The van der Waals surface area contributed by atoms with Crippen molar-refractivity contribution in [3.8, 4) is 17.2 Å². The van der Waals surface area contributed by atoms with Crippen LogP contribution in [0.4, 0.5) is 5.69 Å². The molecule has 0 unspecified atom stereocenters. The molecular formula is C22H25N5O4S. The van der Waals surface area contributed by atoms with Gasteiger partial charge in [-0.2, -0.15) is 0 Å². The lowest BCUT2D eigenvalue weighted by atomic mass is 10.1. The van der Waals surface area contributed by atoms with Crippen LogP contribution in [0.3, 0.4) is 0 Å². The average molecular weight is 456 g/mol. The lowest BCUT2D eigenvalue weighted by Crippen LogP contribution is -2.24. The number of nitrogens with one attached hydrogen (secondary N) is 1. The van der Waals surface area contributed by atoms with Crippen LogP contribution in [0.1, 0.15) is 23.9 Å². The zero-order valence-electron chi connectivity index (χ0n) is 18.1. The van der Waals surface area contributed by atoms with Gasteiger partial charge in [-0.05, 0) is 44.5 Å². The van der Waals surface area contributed by atoms with Crippen molar-refractivity contribution in [1.29, 1.82) is 0 Å². The highest BCUT2D eigenvalue weighted by Gasteiger charge is 2.21. The number of ether oxygens (including phenoxy) is 3. The van der Waals surface area contributed by atoms with E-state index in [2.05, 4.69) is 15.5 Å². The van der Waals surface area contributed by atoms with Gasteiger partial charge in [0.05, 0.1) is 5.25 Å². The summed E-state index contributed by atoms with van der Waals surface area (Å²) in [5, 5.41) is 11.1. The largest absolute Gasteiger partial charge is 0.486 e. The number of hydrogen-bond donors (Lipinski definition) is 2. The van der Waals surface area contributed by atoms with Gasteiger partial charge in [0.2, 0.25) is 11.1 Å². The zero-order chi connectivity index (χ0) is 22.7. The van der Waals surface area contributed by atoms with Crippen molar-refractivity contribution in [2.45, 2.75) is 37.8 Å². The molecule has 1 aliphatic rings. The van der Waals surface area contributed by atoms with Gasteiger partial charge in [0.1, 0.15) is 25.6 Å². The van der Waals surface area contributed by atoms with Crippen molar-refractivity contribution >= 4 is 23.4 Å². The molecule has 0 radical (unpaired) electrons. The van der Waals surface area contributed by atoms with Crippen molar-refractivity contribution < 1.29 is 19.0 Å². The molecule has 168 valence electrons. The van der Waals surface area contributed by atoms with Crippen LogP contribution in [-0.4, -0.2) is 39.2 Å². The zero-order valence-corrected chi connectivity index (χ0v) is 18.9. The second kappa shape index (κ2) is 9.39. The second-order valence-corrected chi connectivity index (χ2v) is 8.74. The third-order valence-corrected chi connectivity index (χ3v) is 5.94. The Morgan fingerprint density at radius 3 is 2.75 bits per heavy atom. The van der Waals surface area contributed by atoms with Gasteiger partial charge in [-0.25, -0.2) is 4.68 Å². The Kier molecular flexibility index (Phi) is 6.40. The number of anilines is 1. The Balaban J connectivity index is 1.35. The summed E-state index contributed by atoms with van der Waals surface area (Å²) in [5.41, 5.74) is 2.83. The molecule has 2 heterocycles. The number of thioether (sulfide) groups is 1. The van der Waals surface area contributed by atoms with E-state index in [-0.39, 0.29) is 12.5 Å². The number of carbonyl (C=O) groups is 1. The summed E-state index contributed by atoms with van der Waals surface area (Å²) in [4.78, 5) is 12.7. The predicted octanol–water partition coefficient (Wildman–Crippen LogP) is 3.08. The van der Waals surface area contributed by atoms with Gasteiger partial charge in [-0.1, -0.05) is 29.5 Å². The first-order valence-electron chi connectivity index (χ1n) is 10.2. The van der Waals surface area contributed by atoms with E-state index in [1.807, 2.05) is 32.0 Å². The molecule has 32 heavy (non-hydrogen) atoms.